The molecule has 0 atom stereocenters. The van der Waals surface area contributed by atoms with Crippen LogP contribution in [0.2, 0.25) is 0 Å². The van der Waals surface area contributed by atoms with Crippen LogP contribution in [0.3, 0.4) is 0 Å². The minimum Gasteiger partial charge on any atom is -0.368 e. The summed E-state index contributed by atoms with van der Waals surface area (Å²) in [4.78, 5) is 13.7. The first-order valence-corrected chi connectivity index (χ1v) is 6.23. The van der Waals surface area contributed by atoms with Crippen molar-refractivity contribution in [3.8, 4) is 5.95 Å². The molecule has 0 bridgehead atoms. The summed E-state index contributed by atoms with van der Waals surface area (Å²) in [6.45, 7) is 5.07. The number of aromatic nitrogens is 5. The Hall–Kier alpha value is -2.39. The van der Waals surface area contributed by atoms with Gasteiger partial charge in [-0.2, -0.15) is 33.2 Å². The molecule has 0 fully saturated rings. The molecule has 0 spiro atoms. The molecular weight excluding hydrogens is 287 g/mol. The minimum atomic E-state index is -4.47. The molecule has 2 rings (SSSR count). The molecule has 0 saturated carbocycles. The molecule has 0 aromatic carbocycles. The van der Waals surface area contributed by atoms with Crippen LogP contribution in [-0.2, 0) is 6.18 Å². The van der Waals surface area contributed by atoms with Gasteiger partial charge in [-0.1, -0.05) is 0 Å². The van der Waals surface area contributed by atoms with Gasteiger partial charge in [-0.25, -0.2) is 4.68 Å². The van der Waals surface area contributed by atoms with Gasteiger partial charge in [-0.05, 0) is 13.8 Å². The number of hydrogen-bond acceptors (Lipinski definition) is 6. The lowest BCUT2D eigenvalue weighted by Crippen LogP contribution is -2.25. The molecule has 2 aromatic rings. The normalized spacial score (nSPS) is 11.7. The highest BCUT2D eigenvalue weighted by Crippen LogP contribution is 2.28. The lowest BCUT2D eigenvalue weighted by Gasteiger charge is -2.18. The molecule has 21 heavy (non-hydrogen) atoms. The Morgan fingerprint density at radius 3 is 2.38 bits per heavy atom. The number of halogens is 3. The molecule has 0 aliphatic carbocycles. The summed E-state index contributed by atoms with van der Waals surface area (Å²) in [6, 6.07) is 0. The van der Waals surface area contributed by atoms with Gasteiger partial charge in [0.25, 0.3) is 5.95 Å². The largest absolute Gasteiger partial charge is 0.419 e. The van der Waals surface area contributed by atoms with Crippen molar-refractivity contribution in [3.05, 3.63) is 18.0 Å². The van der Waals surface area contributed by atoms with Crippen molar-refractivity contribution in [2.75, 3.05) is 23.7 Å². The minimum absolute atomic E-state index is 0.0556. The number of rotatable bonds is 4. The zero-order valence-electron chi connectivity index (χ0n) is 11.5. The Kier molecular flexibility index (Phi) is 3.96. The number of nitrogens with two attached hydrogens (primary N) is 1. The first-order chi connectivity index (χ1) is 9.85. The summed E-state index contributed by atoms with van der Waals surface area (Å²) < 4.78 is 38.6. The smallest absolute Gasteiger partial charge is 0.368 e. The van der Waals surface area contributed by atoms with Crippen LogP contribution in [0.15, 0.2) is 12.4 Å². The van der Waals surface area contributed by atoms with Gasteiger partial charge in [-0.3, -0.25) is 0 Å². The second-order valence-corrected chi connectivity index (χ2v) is 4.14. The highest BCUT2D eigenvalue weighted by atomic mass is 19.4. The summed E-state index contributed by atoms with van der Waals surface area (Å²) in [5.41, 5.74) is 4.70. The van der Waals surface area contributed by atoms with Crippen molar-refractivity contribution in [1.29, 1.82) is 0 Å². The number of anilines is 2. The third kappa shape index (κ3) is 3.20. The Morgan fingerprint density at radius 2 is 1.86 bits per heavy atom. The molecule has 2 heterocycles. The van der Waals surface area contributed by atoms with Crippen molar-refractivity contribution < 1.29 is 13.2 Å². The maximum absolute atomic E-state index is 12.6. The van der Waals surface area contributed by atoms with Crippen molar-refractivity contribution in [1.82, 2.24) is 24.7 Å². The molecule has 114 valence electrons. The fourth-order valence-electron chi connectivity index (χ4n) is 1.70. The maximum atomic E-state index is 12.6. The van der Waals surface area contributed by atoms with E-state index in [1.807, 2.05) is 13.8 Å². The second-order valence-electron chi connectivity index (χ2n) is 4.14. The number of alkyl halides is 3. The SMILES string of the molecule is CCN(CC)c1nc(N)nc(-n2cc(C(F)(F)F)cn2)n1. The van der Waals surface area contributed by atoms with Crippen LogP contribution >= 0.6 is 0 Å². The summed E-state index contributed by atoms with van der Waals surface area (Å²) >= 11 is 0. The Balaban J connectivity index is 2.42. The van der Waals surface area contributed by atoms with Crippen molar-refractivity contribution in [2.24, 2.45) is 0 Å². The van der Waals surface area contributed by atoms with Crippen LogP contribution in [0.4, 0.5) is 25.1 Å². The van der Waals surface area contributed by atoms with Crippen LogP contribution in [0.25, 0.3) is 5.95 Å². The van der Waals surface area contributed by atoms with Crippen LogP contribution in [-0.4, -0.2) is 37.8 Å². The molecule has 0 unspecified atom stereocenters. The van der Waals surface area contributed by atoms with Gasteiger partial charge >= 0.3 is 6.18 Å². The highest BCUT2D eigenvalue weighted by molar-refractivity contribution is 5.37. The third-order valence-electron chi connectivity index (χ3n) is 2.79. The van der Waals surface area contributed by atoms with Gasteiger partial charge in [-0.15, -0.1) is 0 Å². The molecule has 0 saturated heterocycles. The van der Waals surface area contributed by atoms with E-state index in [2.05, 4.69) is 20.1 Å². The lowest BCUT2D eigenvalue weighted by atomic mass is 10.4. The molecule has 0 aliphatic heterocycles. The molecule has 2 N–H and O–H groups in total. The highest BCUT2D eigenvalue weighted by Gasteiger charge is 2.32. The fraction of sp³-hybridized carbons (Fsp3) is 0.455. The number of nitrogens with zero attached hydrogens (tertiary/aromatic N) is 6. The van der Waals surface area contributed by atoms with Crippen molar-refractivity contribution >= 4 is 11.9 Å². The first kappa shape index (κ1) is 15.0. The topological polar surface area (TPSA) is 85.8 Å². The predicted molar refractivity (Wildman–Crippen MR) is 69.9 cm³/mol. The van der Waals surface area contributed by atoms with E-state index < -0.39 is 11.7 Å². The quantitative estimate of drug-likeness (QED) is 0.921. The van der Waals surface area contributed by atoms with Crippen LogP contribution in [0.1, 0.15) is 19.4 Å². The molecule has 2 aromatic heterocycles. The van der Waals surface area contributed by atoms with Crippen molar-refractivity contribution in [2.45, 2.75) is 20.0 Å². The summed E-state index contributed by atoms with van der Waals surface area (Å²) in [6.07, 6.45) is -2.96. The monoisotopic (exact) mass is 301 g/mol. The molecule has 10 heteroatoms. The van der Waals surface area contributed by atoms with E-state index in [9.17, 15) is 13.2 Å². The van der Waals surface area contributed by atoms with E-state index >= 15 is 0 Å². The van der Waals surface area contributed by atoms with Crippen molar-refractivity contribution in [3.63, 3.8) is 0 Å². The van der Waals surface area contributed by atoms with E-state index in [0.29, 0.717) is 25.2 Å². The molecule has 7 nitrogen and oxygen atoms in total. The van der Waals surface area contributed by atoms with E-state index in [0.717, 1.165) is 10.9 Å². The fourth-order valence-corrected chi connectivity index (χ4v) is 1.70. The van der Waals surface area contributed by atoms with Gasteiger partial charge in [0.15, 0.2) is 0 Å². The van der Waals surface area contributed by atoms with Crippen LogP contribution in [0.5, 0.6) is 0 Å². The molecule has 0 amide bonds. The van der Waals surface area contributed by atoms with Crippen LogP contribution < -0.4 is 10.6 Å². The van der Waals surface area contributed by atoms with E-state index in [1.165, 1.54) is 0 Å². The lowest BCUT2D eigenvalue weighted by molar-refractivity contribution is -0.137. The van der Waals surface area contributed by atoms with Gasteiger partial charge in [0.2, 0.25) is 11.9 Å². The second kappa shape index (κ2) is 5.54. The molecule has 0 radical (unpaired) electrons. The maximum Gasteiger partial charge on any atom is 0.419 e. The van der Waals surface area contributed by atoms with Gasteiger partial charge < -0.3 is 10.6 Å². The predicted octanol–water partition coefficient (Wildman–Crippen LogP) is 1.50. The Labute approximate surface area is 118 Å². The number of nitrogen functional groups attached to an aromatic ring is 1. The molecular formula is C11H14F3N7. The summed E-state index contributed by atoms with van der Waals surface area (Å²) in [5, 5.41) is 3.62. The van der Waals surface area contributed by atoms with Crippen LogP contribution in [0, 0.1) is 0 Å². The zero-order chi connectivity index (χ0) is 15.6. The van der Waals surface area contributed by atoms with Gasteiger partial charge in [0.05, 0.1) is 11.8 Å². The van der Waals surface area contributed by atoms with E-state index in [1.54, 1.807) is 4.90 Å². The molecule has 0 aliphatic rings. The third-order valence-corrected chi connectivity index (χ3v) is 2.79. The number of hydrogen-bond donors (Lipinski definition) is 1. The summed E-state index contributed by atoms with van der Waals surface area (Å²) in [5.74, 6) is 0.164. The van der Waals surface area contributed by atoms with E-state index in [-0.39, 0.29) is 11.9 Å². The average Bonchev–Trinajstić information content (AvgIpc) is 2.89. The Bertz CT molecular complexity index is 619. The van der Waals surface area contributed by atoms with E-state index in [4.69, 9.17) is 5.73 Å². The van der Waals surface area contributed by atoms with Gasteiger partial charge in [0.1, 0.15) is 0 Å². The standard InChI is InChI=1S/C11H14F3N7/c1-3-20(4-2)9-17-8(15)18-10(19-9)21-6-7(5-16-21)11(12,13)14/h5-6H,3-4H2,1-2H3,(H2,15,17,18,19). The first-order valence-electron chi connectivity index (χ1n) is 6.23. The summed E-state index contributed by atoms with van der Waals surface area (Å²) in [7, 11) is 0. The zero-order valence-corrected chi connectivity index (χ0v) is 11.5. The van der Waals surface area contributed by atoms with Gasteiger partial charge in [0, 0.05) is 19.3 Å². The Morgan fingerprint density at radius 1 is 1.19 bits per heavy atom. The average molecular weight is 301 g/mol.